The van der Waals surface area contributed by atoms with E-state index in [1.165, 1.54) is 0 Å². The van der Waals surface area contributed by atoms with Gasteiger partial charge < -0.3 is 20.1 Å². The molecule has 1 fully saturated rings. The number of methoxy groups -OCH3 is 1. The van der Waals surface area contributed by atoms with Crippen molar-refractivity contribution in [2.24, 2.45) is 0 Å². The Morgan fingerprint density at radius 1 is 1.28 bits per heavy atom. The second kappa shape index (κ2) is 8.03. The maximum atomic E-state index is 12.6. The zero-order valence-electron chi connectivity index (χ0n) is 14.4. The largest absolute Gasteiger partial charge is 0.497 e. The summed E-state index contributed by atoms with van der Waals surface area (Å²) in [4.78, 5) is 14.5. The average Bonchev–Trinajstić information content (AvgIpc) is 3.11. The summed E-state index contributed by atoms with van der Waals surface area (Å²) in [5.41, 5.74) is 1.60. The van der Waals surface area contributed by atoms with Gasteiger partial charge in [0.25, 0.3) is 0 Å². The molecule has 2 aromatic carbocycles. The molecule has 1 aliphatic rings. The summed E-state index contributed by atoms with van der Waals surface area (Å²) in [5, 5.41) is 13.4. The lowest BCUT2D eigenvalue weighted by molar-refractivity contribution is 0.130. The van der Waals surface area contributed by atoms with Crippen molar-refractivity contribution in [3.05, 3.63) is 60.2 Å². The molecule has 0 bridgehead atoms. The van der Waals surface area contributed by atoms with Gasteiger partial charge in [0.05, 0.1) is 13.2 Å². The van der Waals surface area contributed by atoms with Crippen LogP contribution in [0.3, 0.4) is 0 Å². The number of carbonyl (C=O) groups excluding carboxylic acids is 1. The molecule has 0 saturated carbocycles. The maximum Gasteiger partial charge on any atom is 0.322 e. The molecule has 25 heavy (non-hydrogen) atoms. The van der Waals surface area contributed by atoms with Gasteiger partial charge in [0.15, 0.2) is 0 Å². The summed E-state index contributed by atoms with van der Waals surface area (Å²) < 4.78 is 5.19. The zero-order chi connectivity index (χ0) is 17.6. The fraction of sp³-hybridized carbons (Fsp3) is 0.350. The topological polar surface area (TPSA) is 61.8 Å². The molecule has 2 aromatic rings. The first-order valence-electron chi connectivity index (χ1n) is 8.62. The molecule has 2 N–H and O–H groups in total. The van der Waals surface area contributed by atoms with Crippen LogP contribution in [0.25, 0.3) is 0 Å². The summed E-state index contributed by atoms with van der Waals surface area (Å²) >= 11 is 0. The van der Waals surface area contributed by atoms with Crippen molar-refractivity contribution >= 4 is 11.7 Å². The Bertz CT molecular complexity index is 705. The first kappa shape index (κ1) is 17.3. The van der Waals surface area contributed by atoms with Gasteiger partial charge in [-0.25, -0.2) is 4.79 Å². The van der Waals surface area contributed by atoms with Crippen LogP contribution in [-0.2, 0) is 0 Å². The summed E-state index contributed by atoms with van der Waals surface area (Å²) in [7, 11) is 1.60. The number of aliphatic hydroxyl groups is 1. The van der Waals surface area contributed by atoms with E-state index in [2.05, 4.69) is 5.32 Å². The minimum Gasteiger partial charge on any atom is -0.497 e. The van der Waals surface area contributed by atoms with Crippen LogP contribution in [0, 0.1) is 0 Å². The molecule has 2 amide bonds. The Kier molecular flexibility index (Phi) is 5.56. The molecule has 5 nitrogen and oxygen atoms in total. The lowest BCUT2D eigenvalue weighted by Crippen LogP contribution is -2.39. The fourth-order valence-electron chi connectivity index (χ4n) is 3.31. The van der Waals surface area contributed by atoms with Gasteiger partial charge in [0, 0.05) is 24.3 Å². The number of hydrogen-bond donors (Lipinski definition) is 2. The molecule has 1 saturated heterocycles. The molecule has 132 valence electrons. The van der Waals surface area contributed by atoms with Gasteiger partial charge in [0.2, 0.25) is 0 Å². The van der Waals surface area contributed by atoms with Crippen molar-refractivity contribution < 1.29 is 14.6 Å². The number of aliphatic hydroxyl groups excluding tert-OH is 1. The Morgan fingerprint density at radius 2 is 2.08 bits per heavy atom. The fourth-order valence-corrected chi connectivity index (χ4v) is 3.31. The highest BCUT2D eigenvalue weighted by Crippen LogP contribution is 2.28. The third-order valence-electron chi connectivity index (χ3n) is 4.64. The van der Waals surface area contributed by atoms with Crippen molar-refractivity contribution in [2.75, 3.05) is 19.0 Å². The predicted octanol–water partition coefficient (Wildman–Crippen LogP) is 3.82. The monoisotopic (exact) mass is 340 g/mol. The molecule has 0 spiro atoms. The number of benzene rings is 2. The van der Waals surface area contributed by atoms with Gasteiger partial charge in [-0.1, -0.05) is 36.4 Å². The maximum absolute atomic E-state index is 12.6. The van der Waals surface area contributed by atoms with Crippen LogP contribution in [0.2, 0.25) is 0 Å². The number of carbonyl (C=O) groups is 1. The van der Waals surface area contributed by atoms with Crippen LogP contribution in [0.15, 0.2) is 54.6 Å². The number of anilines is 1. The highest BCUT2D eigenvalue weighted by atomic mass is 16.5. The highest BCUT2D eigenvalue weighted by molar-refractivity contribution is 5.89. The van der Waals surface area contributed by atoms with Crippen molar-refractivity contribution in [2.45, 2.75) is 31.4 Å². The molecular formula is C20H24N2O3. The quantitative estimate of drug-likeness (QED) is 0.870. The molecule has 1 heterocycles. The summed E-state index contributed by atoms with van der Waals surface area (Å²) in [6, 6.07) is 16.8. The number of urea groups is 1. The summed E-state index contributed by atoms with van der Waals surface area (Å²) in [5.74, 6) is 0.704. The first-order chi connectivity index (χ1) is 12.2. The minimum absolute atomic E-state index is 0.0424. The predicted molar refractivity (Wildman–Crippen MR) is 97.8 cm³/mol. The van der Waals surface area contributed by atoms with Crippen LogP contribution in [0.4, 0.5) is 10.5 Å². The molecular weight excluding hydrogens is 316 g/mol. The molecule has 0 aromatic heterocycles. The van der Waals surface area contributed by atoms with Gasteiger partial charge in [-0.05, 0) is 37.0 Å². The standard InChI is InChI=1S/C20H24N2O3/c1-25-18-11-5-9-16(13-18)21-20(24)22-12-6-10-17(22)14-19(23)15-7-3-2-4-8-15/h2-5,7-9,11,13,17,19,23H,6,10,12,14H2,1H3,(H,21,24). The normalized spacial score (nSPS) is 18.0. The number of amides is 2. The Morgan fingerprint density at radius 3 is 2.84 bits per heavy atom. The van der Waals surface area contributed by atoms with Crippen molar-refractivity contribution in [3.63, 3.8) is 0 Å². The molecule has 0 aliphatic carbocycles. The zero-order valence-corrected chi connectivity index (χ0v) is 14.4. The van der Waals surface area contributed by atoms with Crippen molar-refractivity contribution in [3.8, 4) is 5.75 Å². The molecule has 1 aliphatic heterocycles. The second-order valence-corrected chi connectivity index (χ2v) is 6.31. The van der Waals surface area contributed by atoms with Gasteiger partial charge >= 0.3 is 6.03 Å². The van der Waals surface area contributed by atoms with E-state index in [4.69, 9.17) is 4.74 Å². The van der Waals surface area contributed by atoms with E-state index in [1.54, 1.807) is 13.2 Å². The van der Waals surface area contributed by atoms with Crippen LogP contribution >= 0.6 is 0 Å². The van der Waals surface area contributed by atoms with E-state index in [-0.39, 0.29) is 12.1 Å². The number of hydrogen-bond acceptors (Lipinski definition) is 3. The van der Waals surface area contributed by atoms with Crippen LogP contribution in [-0.4, -0.2) is 35.7 Å². The van der Waals surface area contributed by atoms with Gasteiger partial charge in [-0.15, -0.1) is 0 Å². The Balaban J connectivity index is 1.63. The minimum atomic E-state index is -0.559. The number of likely N-dealkylation sites (tertiary alicyclic amines) is 1. The van der Waals surface area contributed by atoms with E-state index >= 15 is 0 Å². The molecule has 5 heteroatoms. The van der Waals surface area contributed by atoms with E-state index in [0.29, 0.717) is 24.4 Å². The van der Waals surface area contributed by atoms with E-state index < -0.39 is 6.10 Å². The smallest absolute Gasteiger partial charge is 0.322 e. The van der Waals surface area contributed by atoms with E-state index in [1.807, 2.05) is 53.4 Å². The highest BCUT2D eigenvalue weighted by Gasteiger charge is 2.30. The summed E-state index contributed by atoms with van der Waals surface area (Å²) in [6.07, 6.45) is 1.86. The third-order valence-corrected chi connectivity index (χ3v) is 4.64. The van der Waals surface area contributed by atoms with Gasteiger partial charge in [0.1, 0.15) is 5.75 Å². The second-order valence-electron chi connectivity index (χ2n) is 6.31. The number of nitrogens with one attached hydrogen (secondary N) is 1. The van der Waals surface area contributed by atoms with Gasteiger partial charge in [-0.3, -0.25) is 0 Å². The van der Waals surface area contributed by atoms with Crippen LogP contribution < -0.4 is 10.1 Å². The van der Waals surface area contributed by atoms with Crippen LogP contribution in [0.1, 0.15) is 30.9 Å². The number of nitrogens with zero attached hydrogens (tertiary/aromatic N) is 1. The van der Waals surface area contributed by atoms with Crippen molar-refractivity contribution in [1.82, 2.24) is 4.90 Å². The Labute approximate surface area is 148 Å². The summed E-state index contributed by atoms with van der Waals surface area (Å²) in [6.45, 7) is 0.710. The van der Waals surface area contributed by atoms with Gasteiger partial charge in [-0.2, -0.15) is 0 Å². The van der Waals surface area contributed by atoms with Crippen molar-refractivity contribution in [1.29, 1.82) is 0 Å². The third kappa shape index (κ3) is 4.31. The Hall–Kier alpha value is -2.53. The average molecular weight is 340 g/mol. The molecule has 2 atom stereocenters. The van der Waals surface area contributed by atoms with Crippen LogP contribution in [0.5, 0.6) is 5.75 Å². The molecule has 3 rings (SSSR count). The lowest BCUT2D eigenvalue weighted by Gasteiger charge is -2.27. The van der Waals surface area contributed by atoms with E-state index in [9.17, 15) is 9.90 Å². The molecule has 0 radical (unpaired) electrons. The number of ether oxygens (including phenoxy) is 1. The van der Waals surface area contributed by atoms with E-state index in [0.717, 1.165) is 18.4 Å². The number of rotatable bonds is 5. The lowest BCUT2D eigenvalue weighted by atomic mass is 10.0. The molecule has 2 unspecified atom stereocenters. The first-order valence-corrected chi connectivity index (χ1v) is 8.62. The SMILES string of the molecule is COc1cccc(NC(=O)N2CCCC2CC(O)c2ccccc2)c1.